The average molecular weight is 346 g/mol. The Hall–Kier alpha value is -3.35. The number of aryl methyl sites for hydroxylation is 1. The van der Waals surface area contributed by atoms with Gasteiger partial charge in [0.05, 0.1) is 22.9 Å². The van der Waals surface area contributed by atoms with Gasteiger partial charge in [-0.15, -0.1) is 10.2 Å². The molecule has 0 saturated carbocycles. The highest BCUT2D eigenvalue weighted by atomic mass is 16.1. The number of imidazole rings is 1. The van der Waals surface area contributed by atoms with Gasteiger partial charge in [-0.05, 0) is 51.1 Å². The van der Waals surface area contributed by atoms with Crippen LogP contribution in [0.4, 0.5) is 5.69 Å². The van der Waals surface area contributed by atoms with Crippen molar-refractivity contribution in [3.63, 3.8) is 0 Å². The Morgan fingerprint density at radius 3 is 2.77 bits per heavy atom. The summed E-state index contributed by atoms with van der Waals surface area (Å²) >= 11 is 0. The predicted molar refractivity (Wildman–Crippen MR) is 100 cm³/mol. The Morgan fingerprint density at radius 2 is 2.04 bits per heavy atom. The van der Waals surface area contributed by atoms with E-state index < -0.39 is 0 Å². The number of carbonyl (C=O) groups excluding carboxylic acids is 1. The summed E-state index contributed by atoms with van der Waals surface area (Å²) in [6.45, 7) is 6.14. The molecule has 0 aliphatic carbocycles. The van der Waals surface area contributed by atoms with E-state index >= 15 is 0 Å². The maximum Gasteiger partial charge on any atom is 0.255 e. The van der Waals surface area contributed by atoms with E-state index in [4.69, 9.17) is 0 Å². The third-order valence-electron chi connectivity index (χ3n) is 4.27. The minimum Gasteiger partial charge on any atom is -0.324 e. The number of nitrogens with one attached hydrogen (secondary N) is 1. The first-order chi connectivity index (χ1) is 12.5. The standard InChI is InChI=1S/C19H18N6O/c1-11(2)25-12(3)21-18-17(25)15-9-13(6-7-16(15)23-24-18)19(26)22-14-5-4-8-20-10-14/h4-11H,1-3H3,(H,22,26). The van der Waals surface area contributed by atoms with Gasteiger partial charge in [0.2, 0.25) is 5.65 Å². The molecule has 4 rings (SSSR count). The topological polar surface area (TPSA) is 85.6 Å². The molecule has 0 atom stereocenters. The van der Waals surface area contributed by atoms with E-state index in [2.05, 4.69) is 43.9 Å². The minimum atomic E-state index is -0.197. The fourth-order valence-corrected chi connectivity index (χ4v) is 3.18. The van der Waals surface area contributed by atoms with E-state index in [9.17, 15) is 4.79 Å². The molecule has 0 radical (unpaired) electrons. The molecule has 3 aromatic heterocycles. The normalized spacial score (nSPS) is 11.4. The van der Waals surface area contributed by atoms with Crippen LogP contribution in [0.5, 0.6) is 0 Å². The van der Waals surface area contributed by atoms with E-state index in [-0.39, 0.29) is 11.9 Å². The Balaban J connectivity index is 1.85. The van der Waals surface area contributed by atoms with Crippen molar-refractivity contribution in [1.82, 2.24) is 24.7 Å². The Morgan fingerprint density at radius 1 is 1.19 bits per heavy atom. The van der Waals surface area contributed by atoms with Gasteiger partial charge in [-0.25, -0.2) is 4.98 Å². The lowest BCUT2D eigenvalue weighted by Gasteiger charge is -2.12. The van der Waals surface area contributed by atoms with Gasteiger partial charge >= 0.3 is 0 Å². The first kappa shape index (κ1) is 16.1. The van der Waals surface area contributed by atoms with Crippen LogP contribution in [0.15, 0.2) is 42.7 Å². The highest BCUT2D eigenvalue weighted by Gasteiger charge is 2.17. The van der Waals surface area contributed by atoms with Crippen LogP contribution in [0.25, 0.3) is 22.1 Å². The van der Waals surface area contributed by atoms with Crippen molar-refractivity contribution in [1.29, 1.82) is 0 Å². The van der Waals surface area contributed by atoms with Crippen molar-refractivity contribution in [3.8, 4) is 0 Å². The molecule has 7 nitrogen and oxygen atoms in total. The first-order valence-electron chi connectivity index (χ1n) is 8.41. The molecule has 0 aliphatic heterocycles. The average Bonchev–Trinajstić information content (AvgIpc) is 2.98. The molecule has 0 fully saturated rings. The van der Waals surface area contributed by atoms with Crippen LogP contribution in [-0.4, -0.2) is 30.6 Å². The molecule has 0 unspecified atom stereocenters. The van der Waals surface area contributed by atoms with Gasteiger partial charge in [0.1, 0.15) is 5.82 Å². The van der Waals surface area contributed by atoms with E-state index in [1.54, 1.807) is 30.6 Å². The van der Waals surface area contributed by atoms with Crippen LogP contribution in [0.2, 0.25) is 0 Å². The van der Waals surface area contributed by atoms with Crippen LogP contribution in [0, 0.1) is 6.92 Å². The lowest BCUT2D eigenvalue weighted by atomic mass is 10.1. The summed E-state index contributed by atoms with van der Waals surface area (Å²) in [6.07, 6.45) is 3.27. The second-order valence-corrected chi connectivity index (χ2v) is 6.42. The van der Waals surface area contributed by atoms with Gasteiger partial charge in [0.15, 0.2) is 0 Å². The quantitative estimate of drug-likeness (QED) is 0.613. The zero-order valence-corrected chi connectivity index (χ0v) is 14.8. The Kier molecular flexibility index (Phi) is 3.84. The SMILES string of the molecule is Cc1nc2nnc3ccc(C(=O)Nc4cccnc4)cc3c2n1C(C)C. The van der Waals surface area contributed by atoms with Crippen LogP contribution < -0.4 is 5.32 Å². The predicted octanol–water partition coefficient (Wildman–Crippen LogP) is 3.52. The number of hydrogen-bond acceptors (Lipinski definition) is 5. The fourth-order valence-electron chi connectivity index (χ4n) is 3.18. The van der Waals surface area contributed by atoms with Crippen LogP contribution in [-0.2, 0) is 0 Å². The molecule has 0 spiro atoms. The summed E-state index contributed by atoms with van der Waals surface area (Å²) < 4.78 is 2.12. The second kappa shape index (κ2) is 6.18. The molecular weight excluding hydrogens is 328 g/mol. The van der Waals surface area contributed by atoms with Crippen LogP contribution in [0.3, 0.4) is 0 Å². The zero-order chi connectivity index (χ0) is 18.3. The largest absolute Gasteiger partial charge is 0.324 e. The number of nitrogens with zero attached hydrogens (tertiary/aromatic N) is 5. The van der Waals surface area contributed by atoms with Crippen molar-refractivity contribution in [2.75, 3.05) is 5.32 Å². The highest BCUT2D eigenvalue weighted by molar-refractivity contribution is 6.09. The van der Waals surface area contributed by atoms with Crippen molar-refractivity contribution in [2.24, 2.45) is 0 Å². The number of benzene rings is 1. The second-order valence-electron chi connectivity index (χ2n) is 6.42. The molecule has 1 aromatic carbocycles. The van der Waals surface area contributed by atoms with Crippen LogP contribution in [0.1, 0.15) is 36.1 Å². The summed E-state index contributed by atoms with van der Waals surface area (Å²) in [6, 6.07) is 9.20. The van der Waals surface area contributed by atoms with Gasteiger partial charge in [0.25, 0.3) is 5.91 Å². The molecule has 0 aliphatic rings. The maximum atomic E-state index is 12.6. The summed E-state index contributed by atoms with van der Waals surface area (Å²) in [4.78, 5) is 21.1. The zero-order valence-electron chi connectivity index (χ0n) is 14.8. The lowest BCUT2D eigenvalue weighted by Crippen LogP contribution is -2.12. The number of pyridine rings is 1. The monoisotopic (exact) mass is 346 g/mol. The molecule has 0 saturated heterocycles. The number of rotatable bonds is 3. The molecule has 26 heavy (non-hydrogen) atoms. The summed E-state index contributed by atoms with van der Waals surface area (Å²) in [5.74, 6) is 0.680. The van der Waals surface area contributed by atoms with Crippen molar-refractivity contribution >= 4 is 33.7 Å². The minimum absolute atomic E-state index is 0.197. The summed E-state index contributed by atoms with van der Waals surface area (Å²) in [7, 11) is 0. The van der Waals surface area contributed by atoms with Gasteiger partial charge in [-0.3, -0.25) is 9.78 Å². The third kappa shape index (κ3) is 2.67. The number of aromatic nitrogens is 5. The van der Waals surface area contributed by atoms with Crippen molar-refractivity contribution in [2.45, 2.75) is 26.8 Å². The highest BCUT2D eigenvalue weighted by Crippen LogP contribution is 2.27. The molecule has 3 heterocycles. The molecule has 1 amide bonds. The molecule has 1 N–H and O–H groups in total. The number of anilines is 1. The van der Waals surface area contributed by atoms with Crippen molar-refractivity contribution < 1.29 is 4.79 Å². The first-order valence-corrected chi connectivity index (χ1v) is 8.41. The summed E-state index contributed by atoms with van der Waals surface area (Å²) in [5, 5.41) is 12.2. The molecule has 0 bridgehead atoms. The molecular formula is C19H18N6O. The smallest absolute Gasteiger partial charge is 0.255 e. The van der Waals surface area contributed by atoms with Gasteiger partial charge in [0, 0.05) is 23.2 Å². The fraction of sp³-hybridized carbons (Fsp3) is 0.211. The van der Waals surface area contributed by atoms with E-state index in [1.807, 2.05) is 19.1 Å². The number of fused-ring (bicyclic) bond motifs is 3. The molecule has 130 valence electrons. The number of carbonyl (C=O) groups is 1. The van der Waals surface area contributed by atoms with Gasteiger partial charge in [-0.2, -0.15) is 0 Å². The number of amides is 1. The number of hydrogen-bond donors (Lipinski definition) is 1. The van der Waals surface area contributed by atoms with Gasteiger partial charge < -0.3 is 9.88 Å². The molecule has 4 aromatic rings. The van der Waals surface area contributed by atoms with Crippen molar-refractivity contribution in [3.05, 3.63) is 54.1 Å². The van der Waals surface area contributed by atoms with Gasteiger partial charge in [-0.1, -0.05) is 0 Å². The Bertz CT molecular complexity index is 1120. The van der Waals surface area contributed by atoms with E-state index in [1.165, 1.54) is 0 Å². The maximum absolute atomic E-state index is 12.6. The third-order valence-corrected chi connectivity index (χ3v) is 4.27. The van der Waals surface area contributed by atoms with E-state index in [0.29, 0.717) is 16.9 Å². The van der Waals surface area contributed by atoms with Crippen LogP contribution >= 0.6 is 0 Å². The molecule has 7 heteroatoms. The lowest BCUT2D eigenvalue weighted by molar-refractivity contribution is 0.102. The van der Waals surface area contributed by atoms with E-state index in [0.717, 1.165) is 22.2 Å². The Labute approximate surface area is 150 Å². The summed E-state index contributed by atoms with van der Waals surface area (Å²) in [5.41, 5.74) is 3.42.